The number of allylic oxidation sites excluding steroid dienone is 1. The third kappa shape index (κ3) is 4.27. The number of guanidine groups is 1. The zero-order valence-corrected chi connectivity index (χ0v) is 18.7. The van der Waals surface area contributed by atoms with Crippen molar-refractivity contribution >= 4 is 23.7 Å². The first-order valence-electron chi connectivity index (χ1n) is 10.9. The van der Waals surface area contributed by atoms with Gasteiger partial charge >= 0.3 is 0 Å². The molecule has 0 spiro atoms. The molecule has 0 aliphatic carbocycles. The molecule has 0 aromatic carbocycles. The smallest absolute Gasteiger partial charge is 0.201 e. The summed E-state index contributed by atoms with van der Waals surface area (Å²) in [6, 6.07) is 0.737. The Labute approximate surface area is 179 Å². The van der Waals surface area contributed by atoms with E-state index >= 15 is 0 Å². The molecule has 0 aromatic rings. The molecule has 0 saturated carbocycles. The Bertz CT molecular complexity index is 801. The number of nitrogens with one attached hydrogen (secondary N) is 2. The topological polar surface area (TPSA) is 89.2 Å². The fourth-order valence-electron chi connectivity index (χ4n) is 4.27. The number of methoxy groups -OCH3 is 1. The molecular formula is C21H34N8O. The molecule has 4 aliphatic rings. The zero-order valence-electron chi connectivity index (χ0n) is 18.7. The summed E-state index contributed by atoms with van der Waals surface area (Å²) < 4.78 is 5.30. The van der Waals surface area contributed by atoms with Crippen LogP contribution in [0.2, 0.25) is 0 Å². The van der Waals surface area contributed by atoms with Crippen LogP contribution < -0.4 is 10.6 Å². The highest BCUT2D eigenvalue weighted by atomic mass is 16.5. The van der Waals surface area contributed by atoms with Crippen molar-refractivity contribution < 1.29 is 4.74 Å². The van der Waals surface area contributed by atoms with E-state index in [9.17, 15) is 0 Å². The summed E-state index contributed by atoms with van der Waals surface area (Å²) >= 11 is 0. The molecule has 3 unspecified atom stereocenters. The van der Waals surface area contributed by atoms with Gasteiger partial charge in [-0.15, -0.1) is 0 Å². The lowest BCUT2D eigenvalue weighted by Crippen LogP contribution is -2.65. The molecule has 0 amide bonds. The van der Waals surface area contributed by atoms with Crippen molar-refractivity contribution in [1.29, 1.82) is 0 Å². The average molecular weight is 415 g/mol. The number of rotatable bonds is 4. The van der Waals surface area contributed by atoms with E-state index in [1.165, 1.54) is 0 Å². The summed E-state index contributed by atoms with van der Waals surface area (Å²) in [6.45, 7) is 11.8. The number of hydrazone groups is 1. The Balaban J connectivity index is 1.68. The second-order valence-corrected chi connectivity index (χ2v) is 8.73. The van der Waals surface area contributed by atoms with Gasteiger partial charge < -0.3 is 20.3 Å². The Hall–Kier alpha value is -2.26. The van der Waals surface area contributed by atoms with Gasteiger partial charge in [0, 0.05) is 38.5 Å². The van der Waals surface area contributed by atoms with Gasteiger partial charge in [-0.05, 0) is 39.2 Å². The average Bonchev–Trinajstić information content (AvgIpc) is 3.05. The highest BCUT2D eigenvalue weighted by Gasteiger charge is 2.44. The van der Waals surface area contributed by atoms with Crippen molar-refractivity contribution in [3.8, 4) is 0 Å². The third-order valence-corrected chi connectivity index (χ3v) is 6.07. The molecule has 9 nitrogen and oxygen atoms in total. The molecule has 4 rings (SSSR count). The second kappa shape index (κ2) is 8.85. The van der Waals surface area contributed by atoms with Crippen molar-refractivity contribution in [2.45, 2.75) is 58.3 Å². The van der Waals surface area contributed by atoms with Gasteiger partial charge in [0.1, 0.15) is 11.9 Å². The van der Waals surface area contributed by atoms with Gasteiger partial charge in [-0.3, -0.25) is 5.01 Å². The van der Waals surface area contributed by atoms with Crippen LogP contribution in [-0.4, -0.2) is 91.1 Å². The molecule has 30 heavy (non-hydrogen) atoms. The van der Waals surface area contributed by atoms with Gasteiger partial charge in [0.15, 0.2) is 5.84 Å². The van der Waals surface area contributed by atoms with Crippen LogP contribution in [0.15, 0.2) is 32.0 Å². The standard InChI is InChI=1S/C21H34N8O/c1-13-6-7-17(23-10-13)24-20-19-18(16(4)27-29(19)8-9-30-5)25-21(26-20)28-12-14(2)22-11-15(28)3/h7,10,13-15,18-19,22H,6,8-9,11-12H2,1-5H3,(H,24,25,26)/t13?,14-,15+,18?,19?/m1/s1. The molecule has 1 fully saturated rings. The predicted molar refractivity (Wildman–Crippen MR) is 121 cm³/mol. The molecule has 9 heteroatoms. The summed E-state index contributed by atoms with van der Waals surface area (Å²) in [7, 11) is 1.71. The van der Waals surface area contributed by atoms with E-state index in [1.54, 1.807) is 7.11 Å². The normalized spacial score (nSPS) is 35.0. The Kier molecular flexibility index (Phi) is 6.19. The van der Waals surface area contributed by atoms with Crippen LogP contribution in [0, 0.1) is 5.92 Å². The van der Waals surface area contributed by atoms with Crippen LogP contribution in [-0.2, 0) is 4.74 Å². The first-order chi connectivity index (χ1) is 14.5. The maximum Gasteiger partial charge on any atom is 0.201 e. The van der Waals surface area contributed by atoms with Crippen LogP contribution in [0.25, 0.3) is 0 Å². The Morgan fingerprint density at radius 1 is 1.30 bits per heavy atom. The minimum absolute atomic E-state index is 0.0394. The van der Waals surface area contributed by atoms with Gasteiger partial charge in [0.2, 0.25) is 5.96 Å². The largest absolute Gasteiger partial charge is 0.383 e. The quantitative estimate of drug-likeness (QED) is 0.718. The summed E-state index contributed by atoms with van der Waals surface area (Å²) in [5.41, 5.74) is 1.04. The molecule has 164 valence electrons. The minimum Gasteiger partial charge on any atom is -0.383 e. The summed E-state index contributed by atoms with van der Waals surface area (Å²) in [5.74, 6) is 2.84. The fourth-order valence-corrected chi connectivity index (χ4v) is 4.27. The van der Waals surface area contributed by atoms with Gasteiger partial charge in [-0.1, -0.05) is 6.92 Å². The zero-order chi connectivity index (χ0) is 21.3. The van der Waals surface area contributed by atoms with Crippen molar-refractivity contribution in [2.75, 3.05) is 33.4 Å². The second-order valence-electron chi connectivity index (χ2n) is 8.73. The highest BCUT2D eigenvalue weighted by Crippen LogP contribution is 2.24. The molecule has 1 saturated heterocycles. The van der Waals surface area contributed by atoms with Crippen LogP contribution >= 0.6 is 0 Å². The van der Waals surface area contributed by atoms with E-state index < -0.39 is 0 Å². The molecule has 0 radical (unpaired) electrons. The van der Waals surface area contributed by atoms with Crippen molar-refractivity contribution in [3.63, 3.8) is 0 Å². The maximum absolute atomic E-state index is 5.30. The highest BCUT2D eigenvalue weighted by molar-refractivity contribution is 6.09. The molecule has 4 heterocycles. The molecule has 0 bridgehead atoms. The van der Waals surface area contributed by atoms with Crippen molar-refractivity contribution in [3.05, 3.63) is 11.9 Å². The molecular weight excluding hydrogens is 380 g/mol. The summed E-state index contributed by atoms with van der Waals surface area (Å²) in [5, 5.41) is 14.1. The number of hydrogen-bond acceptors (Lipinski definition) is 8. The number of piperazine rings is 1. The van der Waals surface area contributed by atoms with E-state index in [1.807, 2.05) is 6.21 Å². The monoisotopic (exact) mass is 414 g/mol. The van der Waals surface area contributed by atoms with Crippen molar-refractivity contribution in [2.24, 2.45) is 26.0 Å². The third-order valence-electron chi connectivity index (χ3n) is 6.07. The van der Waals surface area contributed by atoms with Gasteiger partial charge in [-0.2, -0.15) is 10.1 Å². The van der Waals surface area contributed by atoms with Crippen LogP contribution in [0.3, 0.4) is 0 Å². The summed E-state index contributed by atoms with van der Waals surface area (Å²) in [4.78, 5) is 16.8. The van der Waals surface area contributed by atoms with Crippen LogP contribution in [0.1, 0.15) is 34.1 Å². The van der Waals surface area contributed by atoms with Crippen LogP contribution in [0.5, 0.6) is 0 Å². The SMILES string of the molecule is COCCN1N=C(C)C2NC(N3C[C@@H](C)NC[C@@H]3C)=NC(=NC3=CCC(C)C=N3)C21. The van der Waals surface area contributed by atoms with Gasteiger partial charge in [0.05, 0.1) is 24.9 Å². The lowest BCUT2D eigenvalue weighted by Gasteiger charge is -2.42. The molecule has 4 aliphatic heterocycles. The minimum atomic E-state index is -0.0602. The fraction of sp³-hybridized carbons (Fsp3) is 0.714. The first-order valence-corrected chi connectivity index (χ1v) is 10.9. The lowest BCUT2D eigenvalue weighted by molar-refractivity contribution is 0.142. The number of nitrogens with zero attached hydrogens (tertiary/aromatic N) is 6. The van der Waals surface area contributed by atoms with E-state index in [4.69, 9.17) is 19.8 Å². The predicted octanol–water partition coefficient (Wildman–Crippen LogP) is 1.05. The summed E-state index contributed by atoms with van der Waals surface area (Å²) in [6.07, 6.45) is 5.02. The molecule has 5 atom stereocenters. The van der Waals surface area contributed by atoms with E-state index in [0.29, 0.717) is 31.2 Å². The molecule has 0 aromatic heterocycles. The number of fused-ring (bicyclic) bond motifs is 1. The van der Waals surface area contributed by atoms with Crippen LogP contribution in [0.4, 0.5) is 0 Å². The lowest BCUT2D eigenvalue weighted by atomic mass is 10.0. The number of amidine groups is 1. The van der Waals surface area contributed by atoms with E-state index in [0.717, 1.165) is 42.8 Å². The Morgan fingerprint density at radius 3 is 2.87 bits per heavy atom. The van der Waals surface area contributed by atoms with E-state index in [-0.39, 0.29) is 12.1 Å². The van der Waals surface area contributed by atoms with E-state index in [2.05, 4.69) is 59.3 Å². The number of ether oxygens (including phenoxy) is 1. The van der Waals surface area contributed by atoms with Gasteiger partial charge in [0.25, 0.3) is 0 Å². The molecule has 2 N–H and O–H groups in total. The number of hydrogen-bond donors (Lipinski definition) is 2. The maximum atomic E-state index is 5.30. The number of aliphatic imine (C=N–C) groups is 3. The Morgan fingerprint density at radius 2 is 2.13 bits per heavy atom. The van der Waals surface area contributed by atoms with Crippen molar-refractivity contribution in [1.82, 2.24) is 20.5 Å². The van der Waals surface area contributed by atoms with Gasteiger partial charge in [-0.25, -0.2) is 9.98 Å². The first kappa shape index (κ1) is 21.0.